The first-order valence-corrected chi connectivity index (χ1v) is 6.79. The Balaban J connectivity index is 1.56. The fourth-order valence-electron chi connectivity index (χ4n) is 2.29. The van der Waals surface area contributed by atoms with Gasteiger partial charge in [-0.25, -0.2) is 0 Å². The van der Waals surface area contributed by atoms with Gasteiger partial charge in [-0.2, -0.15) is 0 Å². The van der Waals surface area contributed by atoms with Gasteiger partial charge < -0.3 is 19.5 Å². The lowest BCUT2D eigenvalue weighted by Gasteiger charge is -2.35. The van der Waals surface area contributed by atoms with Gasteiger partial charge in [0, 0.05) is 6.61 Å². The van der Waals surface area contributed by atoms with Crippen LogP contribution in [-0.2, 0) is 14.2 Å². The Labute approximate surface area is 104 Å². The van der Waals surface area contributed by atoms with E-state index < -0.39 is 5.79 Å². The van der Waals surface area contributed by atoms with Gasteiger partial charge in [-0.15, -0.1) is 0 Å². The summed E-state index contributed by atoms with van der Waals surface area (Å²) in [6.07, 6.45) is 5.31. The normalized spacial score (nSPS) is 30.4. The fourth-order valence-corrected chi connectivity index (χ4v) is 2.29. The molecule has 2 aliphatic heterocycles. The summed E-state index contributed by atoms with van der Waals surface area (Å²) in [5.74, 6) is -0.412. The second-order valence-corrected chi connectivity index (χ2v) is 5.45. The first kappa shape index (κ1) is 13.3. The predicted molar refractivity (Wildman–Crippen MR) is 66.0 cm³/mol. The van der Waals surface area contributed by atoms with Crippen LogP contribution in [0.25, 0.3) is 0 Å². The molecule has 1 N–H and O–H groups in total. The molecule has 0 spiro atoms. The minimum Gasteiger partial charge on any atom is -0.378 e. The Morgan fingerprint density at radius 1 is 1.18 bits per heavy atom. The van der Waals surface area contributed by atoms with Crippen LogP contribution < -0.4 is 5.32 Å². The van der Waals surface area contributed by atoms with Crippen molar-refractivity contribution in [3.05, 3.63) is 0 Å². The van der Waals surface area contributed by atoms with Gasteiger partial charge in [-0.3, -0.25) is 0 Å². The Hall–Kier alpha value is -0.160. The van der Waals surface area contributed by atoms with E-state index in [0.717, 1.165) is 32.8 Å². The molecule has 1 unspecified atom stereocenters. The Morgan fingerprint density at radius 3 is 2.59 bits per heavy atom. The van der Waals surface area contributed by atoms with Gasteiger partial charge in [0.25, 0.3) is 0 Å². The SMILES string of the molecule is CC1(C)OCC(NCCC2CCCCO2)CO1. The fraction of sp³-hybridized carbons (Fsp3) is 1.00. The molecule has 0 saturated carbocycles. The molecular weight excluding hydrogens is 218 g/mol. The summed E-state index contributed by atoms with van der Waals surface area (Å²) < 4.78 is 16.9. The van der Waals surface area contributed by atoms with Gasteiger partial charge >= 0.3 is 0 Å². The van der Waals surface area contributed by atoms with Crippen LogP contribution in [0, 0.1) is 0 Å². The first-order chi connectivity index (χ1) is 8.16. The topological polar surface area (TPSA) is 39.7 Å². The molecule has 17 heavy (non-hydrogen) atoms. The zero-order valence-electron chi connectivity index (χ0n) is 11.0. The molecule has 0 aromatic heterocycles. The van der Waals surface area contributed by atoms with E-state index in [0.29, 0.717) is 12.1 Å². The molecule has 0 radical (unpaired) electrons. The van der Waals surface area contributed by atoms with Crippen molar-refractivity contribution in [3.8, 4) is 0 Å². The molecule has 2 fully saturated rings. The van der Waals surface area contributed by atoms with Crippen LogP contribution in [0.1, 0.15) is 39.5 Å². The number of rotatable bonds is 4. The van der Waals surface area contributed by atoms with Crippen molar-refractivity contribution in [3.63, 3.8) is 0 Å². The van der Waals surface area contributed by atoms with Crippen LogP contribution in [0.3, 0.4) is 0 Å². The van der Waals surface area contributed by atoms with Crippen molar-refractivity contribution in [2.45, 2.75) is 57.5 Å². The van der Waals surface area contributed by atoms with E-state index in [1.165, 1.54) is 19.3 Å². The number of hydrogen-bond acceptors (Lipinski definition) is 4. The highest BCUT2D eigenvalue weighted by molar-refractivity contribution is 4.74. The molecule has 1 atom stereocenters. The summed E-state index contributed by atoms with van der Waals surface area (Å²) in [5.41, 5.74) is 0. The van der Waals surface area contributed by atoms with E-state index in [4.69, 9.17) is 14.2 Å². The van der Waals surface area contributed by atoms with Crippen LogP contribution in [0.2, 0.25) is 0 Å². The highest BCUT2D eigenvalue weighted by atomic mass is 16.7. The van der Waals surface area contributed by atoms with Crippen molar-refractivity contribution in [1.29, 1.82) is 0 Å². The van der Waals surface area contributed by atoms with E-state index >= 15 is 0 Å². The van der Waals surface area contributed by atoms with E-state index in [2.05, 4.69) is 5.32 Å². The van der Waals surface area contributed by atoms with Crippen LogP contribution in [0.5, 0.6) is 0 Å². The van der Waals surface area contributed by atoms with Crippen molar-refractivity contribution in [2.24, 2.45) is 0 Å². The minimum atomic E-state index is -0.412. The lowest BCUT2D eigenvalue weighted by Crippen LogP contribution is -2.49. The lowest BCUT2D eigenvalue weighted by molar-refractivity contribution is -0.252. The molecule has 2 rings (SSSR count). The molecule has 2 saturated heterocycles. The maximum absolute atomic E-state index is 5.70. The van der Waals surface area contributed by atoms with Crippen LogP contribution in [0.4, 0.5) is 0 Å². The Bertz CT molecular complexity index is 217. The molecule has 100 valence electrons. The monoisotopic (exact) mass is 243 g/mol. The summed E-state index contributed by atoms with van der Waals surface area (Å²) in [6, 6.07) is 0.326. The van der Waals surface area contributed by atoms with E-state index in [1.807, 2.05) is 13.8 Å². The molecule has 0 aliphatic carbocycles. The van der Waals surface area contributed by atoms with Gasteiger partial charge in [0.2, 0.25) is 0 Å². The molecular formula is C13H25NO3. The maximum atomic E-state index is 5.70. The lowest BCUT2D eigenvalue weighted by atomic mass is 10.1. The second kappa shape index (κ2) is 6.14. The van der Waals surface area contributed by atoms with Crippen molar-refractivity contribution >= 4 is 0 Å². The Morgan fingerprint density at radius 2 is 1.94 bits per heavy atom. The molecule has 0 amide bonds. The average Bonchev–Trinajstić information content (AvgIpc) is 2.33. The maximum Gasteiger partial charge on any atom is 0.162 e. The third-order valence-electron chi connectivity index (χ3n) is 3.44. The number of hydrogen-bond donors (Lipinski definition) is 1. The van der Waals surface area contributed by atoms with Crippen LogP contribution in [-0.4, -0.2) is 44.3 Å². The standard InChI is InChI=1S/C13H25NO3/c1-13(2)16-9-11(10-17-13)14-7-6-12-5-3-4-8-15-12/h11-12,14H,3-10H2,1-2H3. The zero-order valence-corrected chi connectivity index (χ0v) is 11.0. The highest BCUT2D eigenvalue weighted by Gasteiger charge is 2.27. The molecule has 0 aromatic carbocycles. The summed E-state index contributed by atoms with van der Waals surface area (Å²) >= 11 is 0. The smallest absolute Gasteiger partial charge is 0.162 e. The van der Waals surface area contributed by atoms with E-state index in [9.17, 15) is 0 Å². The first-order valence-electron chi connectivity index (χ1n) is 6.79. The number of nitrogens with one attached hydrogen (secondary N) is 1. The Kier molecular flexibility index (Phi) is 4.79. The summed E-state index contributed by atoms with van der Waals surface area (Å²) in [4.78, 5) is 0. The van der Waals surface area contributed by atoms with Gasteiger partial charge in [0.1, 0.15) is 0 Å². The van der Waals surface area contributed by atoms with E-state index in [-0.39, 0.29) is 0 Å². The third-order valence-corrected chi connectivity index (χ3v) is 3.44. The largest absolute Gasteiger partial charge is 0.378 e. The van der Waals surface area contributed by atoms with Gasteiger partial charge in [-0.1, -0.05) is 0 Å². The quantitative estimate of drug-likeness (QED) is 0.815. The zero-order chi connectivity index (χ0) is 12.1. The predicted octanol–water partition coefficient (Wildman–Crippen LogP) is 1.69. The number of ether oxygens (including phenoxy) is 3. The molecule has 0 bridgehead atoms. The molecule has 0 aromatic rings. The van der Waals surface area contributed by atoms with Gasteiger partial charge in [0.05, 0.1) is 25.4 Å². The second-order valence-electron chi connectivity index (χ2n) is 5.45. The molecule has 4 heteroatoms. The van der Waals surface area contributed by atoms with Crippen LogP contribution >= 0.6 is 0 Å². The minimum absolute atomic E-state index is 0.326. The molecule has 2 heterocycles. The van der Waals surface area contributed by atoms with Crippen molar-refractivity contribution in [1.82, 2.24) is 5.32 Å². The van der Waals surface area contributed by atoms with Crippen molar-refractivity contribution < 1.29 is 14.2 Å². The van der Waals surface area contributed by atoms with E-state index in [1.54, 1.807) is 0 Å². The van der Waals surface area contributed by atoms with Gasteiger partial charge in [-0.05, 0) is 46.1 Å². The highest BCUT2D eigenvalue weighted by Crippen LogP contribution is 2.18. The summed E-state index contributed by atoms with van der Waals surface area (Å²) in [5, 5.41) is 3.48. The molecule has 2 aliphatic rings. The van der Waals surface area contributed by atoms with Crippen LogP contribution in [0.15, 0.2) is 0 Å². The summed E-state index contributed by atoms with van der Waals surface area (Å²) in [7, 11) is 0. The average molecular weight is 243 g/mol. The third kappa shape index (κ3) is 4.54. The summed E-state index contributed by atoms with van der Waals surface area (Å²) in [6.45, 7) is 7.31. The molecule has 4 nitrogen and oxygen atoms in total. The van der Waals surface area contributed by atoms with Crippen molar-refractivity contribution in [2.75, 3.05) is 26.4 Å². The van der Waals surface area contributed by atoms with Gasteiger partial charge in [0.15, 0.2) is 5.79 Å².